The Labute approximate surface area is 131 Å². The summed E-state index contributed by atoms with van der Waals surface area (Å²) in [6, 6.07) is 15.6. The van der Waals surface area contributed by atoms with Crippen LogP contribution >= 0.6 is 11.8 Å². The summed E-state index contributed by atoms with van der Waals surface area (Å²) in [5, 5.41) is 14.4. The van der Waals surface area contributed by atoms with Crippen LogP contribution in [0.5, 0.6) is 0 Å². The van der Waals surface area contributed by atoms with Crippen LogP contribution in [0.4, 0.5) is 5.69 Å². The monoisotopic (exact) mass is 315 g/mol. The van der Waals surface area contributed by atoms with Crippen molar-refractivity contribution in [3.63, 3.8) is 0 Å². The summed E-state index contributed by atoms with van der Waals surface area (Å²) in [5.41, 5.74) is 2.92. The van der Waals surface area contributed by atoms with Crippen LogP contribution in [0.15, 0.2) is 64.6 Å². The molecule has 6 nitrogen and oxygen atoms in total. The van der Waals surface area contributed by atoms with Crippen molar-refractivity contribution in [3.05, 3.63) is 70.3 Å². The smallest absolute Gasteiger partial charge is 0.270 e. The molecule has 0 unspecified atom stereocenters. The molecule has 112 valence electrons. The minimum Gasteiger partial charge on any atom is -0.272 e. The van der Waals surface area contributed by atoms with Crippen molar-refractivity contribution in [2.45, 2.75) is 4.90 Å². The number of thioether (sulfide) groups is 1. The normalized spacial score (nSPS) is 10.5. The molecular formula is C15H13N3O3S. The van der Waals surface area contributed by atoms with Gasteiger partial charge in [-0.25, -0.2) is 5.43 Å². The number of nitro benzene ring substituents is 1. The lowest BCUT2D eigenvalue weighted by molar-refractivity contribution is -0.384. The predicted molar refractivity (Wildman–Crippen MR) is 86.0 cm³/mol. The number of carbonyl (C=O) groups is 1. The van der Waals surface area contributed by atoms with E-state index in [1.54, 1.807) is 12.1 Å². The Morgan fingerprint density at radius 3 is 2.73 bits per heavy atom. The second-order valence-corrected chi connectivity index (χ2v) is 5.30. The van der Waals surface area contributed by atoms with E-state index in [9.17, 15) is 14.9 Å². The zero-order valence-electron chi connectivity index (χ0n) is 11.5. The molecule has 0 spiro atoms. The number of amides is 1. The van der Waals surface area contributed by atoms with Gasteiger partial charge in [0.05, 0.1) is 16.9 Å². The van der Waals surface area contributed by atoms with Crippen LogP contribution in [0.25, 0.3) is 0 Å². The van der Waals surface area contributed by atoms with Crippen molar-refractivity contribution >= 4 is 29.6 Å². The fraction of sp³-hybridized carbons (Fsp3) is 0.0667. The second-order valence-electron chi connectivity index (χ2n) is 4.25. The third-order valence-corrected chi connectivity index (χ3v) is 3.61. The van der Waals surface area contributed by atoms with E-state index in [4.69, 9.17) is 0 Å². The minimum atomic E-state index is -0.480. The fourth-order valence-corrected chi connectivity index (χ4v) is 2.31. The molecule has 0 saturated heterocycles. The largest absolute Gasteiger partial charge is 0.272 e. The molecule has 1 amide bonds. The lowest BCUT2D eigenvalue weighted by Gasteiger charge is -2.00. The van der Waals surface area contributed by atoms with E-state index in [0.717, 1.165) is 4.90 Å². The van der Waals surface area contributed by atoms with Crippen molar-refractivity contribution in [2.75, 3.05) is 5.75 Å². The van der Waals surface area contributed by atoms with Crippen LogP contribution in [0.3, 0.4) is 0 Å². The lowest BCUT2D eigenvalue weighted by Crippen LogP contribution is -2.19. The molecule has 0 heterocycles. The van der Waals surface area contributed by atoms with Gasteiger partial charge in [0.2, 0.25) is 5.91 Å². The van der Waals surface area contributed by atoms with Gasteiger partial charge in [-0.2, -0.15) is 5.10 Å². The number of nitro groups is 1. The molecule has 0 saturated carbocycles. The average molecular weight is 315 g/mol. The van der Waals surface area contributed by atoms with Crippen LogP contribution in [-0.2, 0) is 4.79 Å². The van der Waals surface area contributed by atoms with Crippen molar-refractivity contribution in [1.82, 2.24) is 5.43 Å². The summed E-state index contributed by atoms with van der Waals surface area (Å²) in [7, 11) is 0. The van der Waals surface area contributed by atoms with E-state index < -0.39 is 4.92 Å². The molecule has 2 aromatic rings. The summed E-state index contributed by atoms with van der Waals surface area (Å²) in [4.78, 5) is 22.8. The van der Waals surface area contributed by atoms with E-state index in [-0.39, 0.29) is 17.3 Å². The number of hydrogen-bond donors (Lipinski definition) is 1. The first-order chi connectivity index (χ1) is 10.6. The standard InChI is InChI=1S/C15H13N3O3S/c19-15(11-22-14-7-2-1-3-8-14)17-16-10-12-5-4-6-13(9-12)18(20)21/h1-10H,11H2,(H,17,19). The van der Waals surface area contributed by atoms with Crippen LogP contribution in [-0.4, -0.2) is 22.8 Å². The van der Waals surface area contributed by atoms with E-state index in [0.29, 0.717) is 5.56 Å². The van der Waals surface area contributed by atoms with Gasteiger partial charge in [-0.3, -0.25) is 14.9 Å². The quantitative estimate of drug-likeness (QED) is 0.384. The van der Waals surface area contributed by atoms with Gasteiger partial charge in [0, 0.05) is 22.6 Å². The van der Waals surface area contributed by atoms with Gasteiger partial charge in [-0.15, -0.1) is 11.8 Å². The Hall–Kier alpha value is -2.67. The highest BCUT2D eigenvalue weighted by Crippen LogP contribution is 2.16. The fourth-order valence-electron chi connectivity index (χ4n) is 1.60. The van der Waals surface area contributed by atoms with Crippen molar-refractivity contribution in [2.24, 2.45) is 5.10 Å². The Balaban J connectivity index is 1.83. The topological polar surface area (TPSA) is 84.6 Å². The lowest BCUT2D eigenvalue weighted by atomic mass is 10.2. The zero-order chi connectivity index (χ0) is 15.8. The third kappa shape index (κ3) is 5.02. The highest BCUT2D eigenvalue weighted by Gasteiger charge is 2.04. The number of hydrogen-bond acceptors (Lipinski definition) is 5. The van der Waals surface area contributed by atoms with Crippen LogP contribution in [0, 0.1) is 10.1 Å². The Bertz CT molecular complexity index is 689. The Morgan fingerprint density at radius 2 is 2.00 bits per heavy atom. The Morgan fingerprint density at radius 1 is 1.23 bits per heavy atom. The number of nitrogens with one attached hydrogen (secondary N) is 1. The van der Waals surface area contributed by atoms with Crippen LogP contribution in [0.1, 0.15) is 5.56 Å². The molecule has 0 aromatic heterocycles. The maximum absolute atomic E-state index is 11.6. The van der Waals surface area contributed by atoms with E-state index in [1.807, 2.05) is 30.3 Å². The molecular weight excluding hydrogens is 302 g/mol. The van der Waals surface area contributed by atoms with Gasteiger partial charge < -0.3 is 0 Å². The molecule has 1 N–H and O–H groups in total. The van der Waals surface area contributed by atoms with Crippen LogP contribution < -0.4 is 5.43 Å². The summed E-state index contributed by atoms with van der Waals surface area (Å²) in [6.07, 6.45) is 1.37. The minimum absolute atomic E-state index is 0.0186. The molecule has 2 rings (SSSR count). The highest BCUT2D eigenvalue weighted by atomic mass is 32.2. The molecule has 22 heavy (non-hydrogen) atoms. The van der Waals surface area contributed by atoms with Gasteiger partial charge in [0.25, 0.3) is 5.69 Å². The Kier molecular flexibility index (Phi) is 5.67. The van der Waals surface area contributed by atoms with Crippen molar-refractivity contribution < 1.29 is 9.72 Å². The predicted octanol–water partition coefficient (Wildman–Crippen LogP) is 2.84. The van der Waals surface area contributed by atoms with Crippen molar-refractivity contribution in [1.29, 1.82) is 0 Å². The zero-order valence-corrected chi connectivity index (χ0v) is 12.3. The van der Waals surface area contributed by atoms with E-state index >= 15 is 0 Å². The van der Waals surface area contributed by atoms with Gasteiger partial charge in [0.1, 0.15) is 0 Å². The number of nitrogens with zero attached hydrogens (tertiary/aromatic N) is 2. The molecule has 0 radical (unpaired) electrons. The second kappa shape index (κ2) is 7.94. The molecule has 0 aliphatic carbocycles. The average Bonchev–Trinajstić information content (AvgIpc) is 2.54. The molecule has 0 fully saturated rings. The molecule has 0 atom stereocenters. The van der Waals surface area contributed by atoms with E-state index in [2.05, 4.69) is 10.5 Å². The van der Waals surface area contributed by atoms with Crippen molar-refractivity contribution in [3.8, 4) is 0 Å². The number of rotatable bonds is 6. The summed E-state index contributed by atoms with van der Waals surface area (Å²) >= 11 is 1.41. The number of non-ortho nitro benzene ring substituents is 1. The maximum Gasteiger partial charge on any atom is 0.270 e. The third-order valence-electron chi connectivity index (χ3n) is 2.60. The first kappa shape index (κ1) is 15.7. The molecule has 2 aromatic carbocycles. The molecule has 0 bridgehead atoms. The molecule has 7 heteroatoms. The summed E-state index contributed by atoms with van der Waals surface area (Å²) < 4.78 is 0. The van der Waals surface area contributed by atoms with Gasteiger partial charge in [0.15, 0.2) is 0 Å². The first-order valence-corrected chi connectivity index (χ1v) is 7.38. The van der Waals surface area contributed by atoms with E-state index in [1.165, 1.54) is 30.1 Å². The van der Waals surface area contributed by atoms with Gasteiger partial charge >= 0.3 is 0 Å². The highest BCUT2D eigenvalue weighted by molar-refractivity contribution is 8.00. The number of benzene rings is 2. The van der Waals surface area contributed by atoms with Crippen LogP contribution in [0.2, 0.25) is 0 Å². The summed E-state index contributed by atoms with van der Waals surface area (Å²) in [5.74, 6) is 0.00607. The van der Waals surface area contributed by atoms with Gasteiger partial charge in [-0.1, -0.05) is 30.3 Å². The number of hydrazone groups is 1. The summed E-state index contributed by atoms with van der Waals surface area (Å²) in [6.45, 7) is 0. The maximum atomic E-state index is 11.6. The molecule has 0 aliphatic heterocycles. The SMILES string of the molecule is O=C(CSc1ccccc1)NN=Cc1cccc([N+](=O)[O-])c1. The first-order valence-electron chi connectivity index (χ1n) is 6.39. The molecule has 0 aliphatic rings. The van der Waals surface area contributed by atoms with Gasteiger partial charge in [-0.05, 0) is 12.1 Å². The number of carbonyl (C=O) groups excluding carboxylic acids is 1.